The van der Waals surface area contributed by atoms with Gasteiger partial charge in [-0.1, -0.05) is 17.4 Å². The molecule has 0 radical (unpaired) electrons. The lowest BCUT2D eigenvalue weighted by Gasteiger charge is -2.01. The molecular weight excluding hydrogens is 382 g/mol. The highest BCUT2D eigenvalue weighted by Crippen LogP contribution is 2.36. The molecule has 0 saturated carbocycles. The number of methoxy groups -OCH3 is 1. The number of nitrogens with one attached hydrogen (secondary N) is 1. The Morgan fingerprint density at radius 1 is 1.00 bits per heavy atom. The van der Waals surface area contributed by atoms with E-state index in [1.54, 1.807) is 41.5 Å². The number of fused-ring (bicyclic) bond motifs is 1. The number of ether oxygens (including phenoxy) is 1. The van der Waals surface area contributed by atoms with E-state index in [2.05, 4.69) is 36.7 Å². The second kappa shape index (κ2) is 7.26. The lowest BCUT2D eigenvalue weighted by molar-refractivity contribution is 0.415. The van der Waals surface area contributed by atoms with Gasteiger partial charge in [-0.05, 0) is 49.6 Å². The molecule has 132 valence electrons. The fourth-order valence-corrected chi connectivity index (χ4v) is 5.12. The molecule has 0 bridgehead atoms. The number of benzene rings is 2. The number of aryl methyl sites for hydroxylation is 1. The van der Waals surface area contributed by atoms with Gasteiger partial charge in [-0.25, -0.2) is 9.97 Å². The van der Waals surface area contributed by atoms with Gasteiger partial charge in [-0.2, -0.15) is 0 Å². The van der Waals surface area contributed by atoms with Gasteiger partial charge in [-0.15, -0.1) is 23.1 Å². The van der Waals surface area contributed by atoms with Crippen LogP contribution in [0.3, 0.4) is 0 Å². The van der Waals surface area contributed by atoms with Crippen LogP contribution < -0.4 is 10.1 Å². The van der Waals surface area contributed by atoms with Crippen LogP contribution in [0.2, 0.25) is 0 Å². The van der Waals surface area contributed by atoms with Crippen molar-refractivity contribution in [2.24, 2.45) is 0 Å². The van der Waals surface area contributed by atoms with Crippen LogP contribution >= 0.6 is 34.4 Å². The number of anilines is 2. The first kappa shape index (κ1) is 17.3. The summed E-state index contributed by atoms with van der Waals surface area (Å²) in [6.45, 7) is 2.09. The Balaban J connectivity index is 1.63. The Morgan fingerprint density at radius 3 is 2.50 bits per heavy atom. The summed E-state index contributed by atoms with van der Waals surface area (Å²) >= 11 is 5.01. The highest BCUT2D eigenvalue weighted by Gasteiger charge is 2.13. The molecule has 2 aromatic heterocycles. The second-order valence-corrected chi connectivity index (χ2v) is 8.69. The highest BCUT2D eigenvalue weighted by molar-refractivity contribution is 7.98. The average Bonchev–Trinajstić information content (AvgIpc) is 3.24. The predicted molar refractivity (Wildman–Crippen MR) is 114 cm³/mol. The largest absolute Gasteiger partial charge is 0.497 e. The molecular formula is C19H17N3OS3. The summed E-state index contributed by atoms with van der Waals surface area (Å²) in [7, 11) is 1.67. The maximum atomic E-state index is 5.23. The lowest BCUT2D eigenvalue weighted by atomic mass is 10.1. The molecule has 0 saturated heterocycles. The molecule has 0 aliphatic rings. The van der Waals surface area contributed by atoms with E-state index >= 15 is 0 Å². The maximum Gasteiger partial charge on any atom is 0.190 e. The van der Waals surface area contributed by atoms with Gasteiger partial charge in [0.05, 0.1) is 23.0 Å². The Labute approximate surface area is 164 Å². The van der Waals surface area contributed by atoms with Crippen LogP contribution in [0.5, 0.6) is 5.75 Å². The third kappa shape index (κ3) is 3.30. The fraction of sp³-hybridized carbons (Fsp3) is 0.158. The van der Waals surface area contributed by atoms with Crippen molar-refractivity contribution in [3.8, 4) is 17.0 Å². The van der Waals surface area contributed by atoms with E-state index in [4.69, 9.17) is 14.7 Å². The van der Waals surface area contributed by atoms with Crippen LogP contribution in [-0.2, 0) is 0 Å². The number of rotatable bonds is 5. The van der Waals surface area contributed by atoms with Gasteiger partial charge >= 0.3 is 0 Å². The van der Waals surface area contributed by atoms with Gasteiger partial charge in [0.2, 0.25) is 0 Å². The fourth-order valence-electron chi connectivity index (χ4n) is 2.70. The van der Waals surface area contributed by atoms with E-state index in [0.29, 0.717) is 0 Å². The Morgan fingerprint density at radius 2 is 1.77 bits per heavy atom. The molecule has 0 amide bonds. The monoisotopic (exact) mass is 399 g/mol. The van der Waals surface area contributed by atoms with E-state index in [1.807, 2.05) is 24.3 Å². The van der Waals surface area contributed by atoms with Gasteiger partial charge in [0, 0.05) is 15.3 Å². The second-order valence-electron chi connectivity index (χ2n) is 5.60. The van der Waals surface area contributed by atoms with Crippen molar-refractivity contribution in [2.75, 3.05) is 18.7 Å². The van der Waals surface area contributed by atoms with Gasteiger partial charge in [-0.3, -0.25) is 0 Å². The Hall–Kier alpha value is -2.09. The third-order valence-corrected chi connectivity index (χ3v) is 6.57. The first-order valence-electron chi connectivity index (χ1n) is 8.00. The Bertz CT molecular complexity index is 1050. The van der Waals surface area contributed by atoms with Gasteiger partial charge in [0.15, 0.2) is 10.3 Å². The number of para-hydroxylation sites is 1. The van der Waals surface area contributed by atoms with E-state index in [-0.39, 0.29) is 0 Å². The summed E-state index contributed by atoms with van der Waals surface area (Å²) in [4.78, 5) is 11.9. The summed E-state index contributed by atoms with van der Waals surface area (Å²) in [5, 5.41) is 5.11. The molecule has 0 fully saturated rings. The summed E-state index contributed by atoms with van der Waals surface area (Å²) in [6.07, 6.45) is 2.08. The molecule has 4 aromatic rings. The number of hydrogen-bond acceptors (Lipinski definition) is 7. The van der Waals surface area contributed by atoms with Crippen LogP contribution in [0.25, 0.3) is 21.5 Å². The van der Waals surface area contributed by atoms with Gasteiger partial charge < -0.3 is 10.1 Å². The number of thiazole rings is 2. The number of hydrogen-bond donors (Lipinski definition) is 1. The molecule has 26 heavy (non-hydrogen) atoms. The quantitative estimate of drug-likeness (QED) is 0.405. The molecule has 0 spiro atoms. The van der Waals surface area contributed by atoms with Gasteiger partial charge in [0.25, 0.3) is 0 Å². The van der Waals surface area contributed by atoms with Crippen molar-refractivity contribution in [1.82, 2.24) is 9.97 Å². The SMILES string of the molecule is COc1ccc(-c2nc(Nc3nc4c(SC)cccc4s3)sc2C)cc1. The first-order chi connectivity index (χ1) is 12.7. The molecule has 4 nitrogen and oxygen atoms in total. The predicted octanol–water partition coefficient (Wildman–Crippen LogP) is 6.20. The molecule has 4 rings (SSSR count). The molecule has 1 N–H and O–H groups in total. The van der Waals surface area contributed by atoms with Crippen molar-refractivity contribution >= 4 is 54.9 Å². The molecule has 0 unspecified atom stereocenters. The van der Waals surface area contributed by atoms with E-state index in [0.717, 1.165) is 32.8 Å². The standard InChI is InChI=1S/C19H17N3OS3/c1-11-16(12-7-9-13(23-2)10-8-12)20-18(25-11)22-19-21-17-14(24-3)5-4-6-15(17)26-19/h4-10H,1-3H3,(H,20,21,22). The van der Waals surface area contributed by atoms with Crippen molar-refractivity contribution < 1.29 is 4.74 Å². The van der Waals surface area contributed by atoms with E-state index < -0.39 is 0 Å². The first-order valence-corrected chi connectivity index (χ1v) is 10.9. The molecule has 2 aromatic carbocycles. The van der Waals surface area contributed by atoms with Crippen LogP contribution in [-0.4, -0.2) is 23.3 Å². The van der Waals surface area contributed by atoms with Crippen molar-refractivity contribution in [1.29, 1.82) is 0 Å². The van der Waals surface area contributed by atoms with E-state index in [9.17, 15) is 0 Å². The van der Waals surface area contributed by atoms with E-state index in [1.165, 1.54) is 14.5 Å². The Kier molecular flexibility index (Phi) is 4.84. The maximum absolute atomic E-state index is 5.23. The minimum atomic E-state index is 0.846. The number of aromatic nitrogens is 2. The zero-order chi connectivity index (χ0) is 18.1. The zero-order valence-electron chi connectivity index (χ0n) is 14.6. The highest BCUT2D eigenvalue weighted by atomic mass is 32.2. The minimum Gasteiger partial charge on any atom is -0.497 e. The molecule has 7 heteroatoms. The smallest absolute Gasteiger partial charge is 0.190 e. The normalized spacial score (nSPS) is 11.0. The number of thioether (sulfide) groups is 1. The summed E-state index contributed by atoms with van der Waals surface area (Å²) in [6, 6.07) is 14.3. The summed E-state index contributed by atoms with van der Waals surface area (Å²) < 4.78 is 6.41. The molecule has 0 atom stereocenters. The summed E-state index contributed by atoms with van der Waals surface area (Å²) in [5.41, 5.74) is 3.13. The third-order valence-electron chi connectivity index (χ3n) is 3.98. The van der Waals surface area contributed by atoms with Crippen LogP contribution in [0, 0.1) is 6.92 Å². The van der Waals surface area contributed by atoms with Crippen molar-refractivity contribution in [3.05, 3.63) is 47.3 Å². The molecule has 0 aliphatic heterocycles. The van der Waals surface area contributed by atoms with Crippen LogP contribution in [0.1, 0.15) is 4.88 Å². The average molecular weight is 400 g/mol. The topological polar surface area (TPSA) is 47.0 Å². The summed E-state index contributed by atoms with van der Waals surface area (Å²) in [5.74, 6) is 0.846. The minimum absolute atomic E-state index is 0.846. The van der Waals surface area contributed by atoms with Crippen LogP contribution in [0.4, 0.5) is 10.3 Å². The van der Waals surface area contributed by atoms with Crippen molar-refractivity contribution in [3.63, 3.8) is 0 Å². The van der Waals surface area contributed by atoms with Crippen molar-refractivity contribution in [2.45, 2.75) is 11.8 Å². The molecule has 0 aliphatic carbocycles. The van der Waals surface area contributed by atoms with Crippen LogP contribution in [0.15, 0.2) is 47.4 Å². The van der Waals surface area contributed by atoms with Gasteiger partial charge in [0.1, 0.15) is 5.75 Å². The molecule has 2 heterocycles. The lowest BCUT2D eigenvalue weighted by Crippen LogP contribution is -1.89. The number of nitrogens with zero attached hydrogens (tertiary/aromatic N) is 2. The zero-order valence-corrected chi connectivity index (χ0v) is 17.0.